The summed E-state index contributed by atoms with van der Waals surface area (Å²) in [5, 5.41) is 2.83. The molecule has 1 fully saturated rings. The minimum atomic E-state index is 0.0128. The molecule has 1 aliphatic heterocycles. The Morgan fingerprint density at radius 3 is 2.94 bits per heavy atom. The van der Waals surface area contributed by atoms with E-state index in [1.165, 1.54) is 5.56 Å². The van der Waals surface area contributed by atoms with Gasteiger partial charge in [-0.05, 0) is 12.5 Å². The van der Waals surface area contributed by atoms with Crippen molar-refractivity contribution in [3.05, 3.63) is 35.9 Å². The van der Waals surface area contributed by atoms with E-state index in [9.17, 15) is 4.79 Å². The molecule has 1 heterocycles. The van der Waals surface area contributed by atoms with Crippen LogP contribution in [0.5, 0.6) is 0 Å². The topological polar surface area (TPSA) is 41.6 Å². The lowest BCUT2D eigenvalue weighted by Crippen LogP contribution is -2.50. The first-order chi connectivity index (χ1) is 8.79. The maximum atomic E-state index is 11.8. The van der Waals surface area contributed by atoms with E-state index in [4.69, 9.17) is 4.74 Å². The van der Waals surface area contributed by atoms with Gasteiger partial charge in [0.2, 0.25) is 0 Å². The van der Waals surface area contributed by atoms with E-state index >= 15 is 0 Å². The van der Waals surface area contributed by atoms with Crippen LogP contribution in [0.2, 0.25) is 0 Å². The Morgan fingerprint density at radius 1 is 1.44 bits per heavy atom. The highest BCUT2D eigenvalue weighted by atomic mass is 16.5. The third-order valence-electron chi connectivity index (χ3n) is 3.06. The number of amides is 2. The number of nitrogens with zero attached hydrogens (tertiary/aromatic N) is 1. The van der Waals surface area contributed by atoms with Gasteiger partial charge in [-0.15, -0.1) is 0 Å². The number of hydrogen-bond acceptors (Lipinski definition) is 2. The second-order valence-corrected chi connectivity index (χ2v) is 4.46. The van der Waals surface area contributed by atoms with E-state index in [0.29, 0.717) is 26.2 Å². The molecule has 1 aromatic carbocycles. The van der Waals surface area contributed by atoms with Crippen LogP contribution < -0.4 is 5.32 Å². The standard InChI is InChI=1S/C14H20N2O2/c1-2-15-14(17)16-8-9-18-13(11-16)10-12-6-4-3-5-7-12/h3-7,13H,2,8-11H2,1H3,(H,15,17)/t13-/m1/s1. The van der Waals surface area contributed by atoms with Crippen LogP contribution in [0.15, 0.2) is 30.3 Å². The lowest BCUT2D eigenvalue weighted by Gasteiger charge is -2.33. The van der Waals surface area contributed by atoms with Crippen LogP contribution in [-0.4, -0.2) is 43.3 Å². The van der Waals surface area contributed by atoms with Crippen LogP contribution in [0.1, 0.15) is 12.5 Å². The maximum Gasteiger partial charge on any atom is 0.317 e. The Kier molecular flexibility index (Phi) is 4.59. The van der Waals surface area contributed by atoms with Gasteiger partial charge in [-0.2, -0.15) is 0 Å². The van der Waals surface area contributed by atoms with Gasteiger partial charge in [-0.1, -0.05) is 30.3 Å². The largest absolute Gasteiger partial charge is 0.374 e. The van der Waals surface area contributed by atoms with Crippen molar-refractivity contribution in [1.82, 2.24) is 10.2 Å². The fourth-order valence-electron chi connectivity index (χ4n) is 2.17. The molecule has 1 N–H and O–H groups in total. The molecule has 0 aliphatic carbocycles. The zero-order valence-corrected chi connectivity index (χ0v) is 10.8. The van der Waals surface area contributed by atoms with Gasteiger partial charge in [0.25, 0.3) is 0 Å². The highest BCUT2D eigenvalue weighted by molar-refractivity contribution is 5.74. The highest BCUT2D eigenvalue weighted by Gasteiger charge is 2.23. The van der Waals surface area contributed by atoms with Crippen LogP contribution in [0.4, 0.5) is 4.79 Å². The number of morpholine rings is 1. The average Bonchev–Trinajstić information content (AvgIpc) is 2.40. The normalized spacial score (nSPS) is 19.6. The Bertz CT molecular complexity index is 381. The van der Waals surface area contributed by atoms with E-state index in [1.54, 1.807) is 0 Å². The van der Waals surface area contributed by atoms with Gasteiger partial charge in [-0.3, -0.25) is 0 Å². The highest BCUT2D eigenvalue weighted by Crippen LogP contribution is 2.11. The Balaban J connectivity index is 1.89. The summed E-state index contributed by atoms with van der Waals surface area (Å²) in [6.45, 7) is 4.56. The molecule has 18 heavy (non-hydrogen) atoms. The minimum Gasteiger partial charge on any atom is -0.374 e. The van der Waals surface area contributed by atoms with Gasteiger partial charge >= 0.3 is 6.03 Å². The summed E-state index contributed by atoms with van der Waals surface area (Å²) in [6.07, 6.45) is 0.959. The molecule has 2 amide bonds. The number of nitrogens with one attached hydrogen (secondary N) is 1. The van der Waals surface area contributed by atoms with E-state index in [1.807, 2.05) is 30.0 Å². The Labute approximate surface area is 108 Å². The zero-order chi connectivity index (χ0) is 12.8. The smallest absolute Gasteiger partial charge is 0.317 e. The summed E-state index contributed by atoms with van der Waals surface area (Å²) in [6, 6.07) is 10.3. The van der Waals surface area contributed by atoms with Crippen molar-refractivity contribution in [2.75, 3.05) is 26.2 Å². The van der Waals surface area contributed by atoms with Crippen LogP contribution >= 0.6 is 0 Å². The first-order valence-corrected chi connectivity index (χ1v) is 6.48. The molecule has 0 radical (unpaired) electrons. The van der Waals surface area contributed by atoms with E-state index in [0.717, 1.165) is 6.42 Å². The molecule has 4 nitrogen and oxygen atoms in total. The number of carbonyl (C=O) groups is 1. The number of rotatable bonds is 3. The minimum absolute atomic E-state index is 0.0128. The van der Waals surface area contributed by atoms with Gasteiger partial charge in [0.1, 0.15) is 0 Å². The van der Waals surface area contributed by atoms with Crippen molar-refractivity contribution >= 4 is 6.03 Å². The number of benzene rings is 1. The van der Waals surface area contributed by atoms with Crippen molar-refractivity contribution in [2.45, 2.75) is 19.4 Å². The Hall–Kier alpha value is -1.55. The van der Waals surface area contributed by atoms with Crippen LogP contribution in [-0.2, 0) is 11.2 Å². The van der Waals surface area contributed by atoms with Crippen LogP contribution in [0.3, 0.4) is 0 Å². The van der Waals surface area contributed by atoms with Crippen molar-refractivity contribution in [2.24, 2.45) is 0 Å². The maximum absolute atomic E-state index is 11.8. The van der Waals surface area contributed by atoms with Crippen LogP contribution in [0.25, 0.3) is 0 Å². The number of hydrogen-bond donors (Lipinski definition) is 1. The van der Waals surface area contributed by atoms with Crippen molar-refractivity contribution in [3.63, 3.8) is 0 Å². The molecule has 0 unspecified atom stereocenters. The van der Waals surface area contributed by atoms with Gasteiger partial charge in [0.15, 0.2) is 0 Å². The molecule has 1 atom stereocenters. The Morgan fingerprint density at radius 2 is 2.22 bits per heavy atom. The fraction of sp³-hybridized carbons (Fsp3) is 0.500. The summed E-state index contributed by atoms with van der Waals surface area (Å²) in [7, 11) is 0. The number of ether oxygens (including phenoxy) is 1. The monoisotopic (exact) mass is 248 g/mol. The third kappa shape index (κ3) is 3.47. The first-order valence-electron chi connectivity index (χ1n) is 6.48. The average molecular weight is 248 g/mol. The molecule has 2 rings (SSSR count). The molecular formula is C14H20N2O2. The van der Waals surface area contributed by atoms with Gasteiger partial charge in [0.05, 0.1) is 12.7 Å². The van der Waals surface area contributed by atoms with Crippen LogP contribution in [0, 0.1) is 0 Å². The third-order valence-corrected chi connectivity index (χ3v) is 3.06. The van der Waals surface area contributed by atoms with Crippen molar-refractivity contribution in [3.8, 4) is 0 Å². The second kappa shape index (κ2) is 6.40. The molecule has 4 heteroatoms. The quantitative estimate of drug-likeness (QED) is 0.884. The molecule has 0 saturated carbocycles. The van der Waals surface area contributed by atoms with E-state index in [-0.39, 0.29) is 12.1 Å². The molecule has 0 bridgehead atoms. The molecule has 0 spiro atoms. The van der Waals surface area contributed by atoms with E-state index < -0.39 is 0 Å². The summed E-state index contributed by atoms with van der Waals surface area (Å²) < 4.78 is 5.72. The molecule has 1 saturated heterocycles. The van der Waals surface area contributed by atoms with E-state index in [2.05, 4.69) is 17.4 Å². The molecule has 1 aliphatic rings. The molecular weight excluding hydrogens is 228 g/mol. The lowest BCUT2D eigenvalue weighted by atomic mass is 10.1. The second-order valence-electron chi connectivity index (χ2n) is 4.46. The first kappa shape index (κ1) is 12.9. The number of carbonyl (C=O) groups excluding carboxylic acids is 1. The predicted molar refractivity (Wildman–Crippen MR) is 70.5 cm³/mol. The molecule has 98 valence electrons. The summed E-state index contributed by atoms with van der Waals surface area (Å²) >= 11 is 0. The SMILES string of the molecule is CCNC(=O)N1CCO[C@H](Cc2ccccc2)C1. The lowest BCUT2D eigenvalue weighted by molar-refractivity contribution is -0.0132. The fourth-order valence-corrected chi connectivity index (χ4v) is 2.17. The molecule has 1 aromatic rings. The predicted octanol–water partition coefficient (Wildman–Crippen LogP) is 1.66. The summed E-state index contributed by atoms with van der Waals surface area (Å²) in [4.78, 5) is 13.6. The summed E-state index contributed by atoms with van der Waals surface area (Å²) in [5.74, 6) is 0. The van der Waals surface area contributed by atoms with Gasteiger partial charge < -0.3 is 15.0 Å². The van der Waals surface area contributed by atoms with Gasteiger partial charge in [-0.25, -0.2) is 4.79 Å². The molecule has 0 aromatic heterocycles. The van der Waals surface area contributed by atoms with Gasteiger partial charge in [0, 0.05) is 26.1 Å². The summed E-state index contributed by atoms with van der Waals surface area (Å²) in [5.41, 5.74) is 1.25. The van der Waals surface area contributed by atoms with Crippen molar-refractivity contribution in [1.29, 1.82) is 0 Å². The number of urea groups is 1. The zero-order valence-electron chi connectivity index (χ0n) is 10.8. The van der Waals surface area contributed by atoms with Crippen molar-refractivity contribution < 1.29 is 9.53 Å².